The number of aryl methyl sites for hydroxylation is 1. The lowest BCUT2D eigenvalue weighted by atomic mass is 10.2. The topological polar surface area (TPSA) is 66.0 Å². The molecule has 3 aromatic rings. The number of nitrogens with one attached hydrogen (secondary N) is 1. The first-order valence-electron chi connectivity index (χ1n) is 7.91. The Balaban J connectivity index is 1.80. The molecular formula is C21H15FN2O2. The second-order valence-corrected chi connectivity index (χ2v) is 5.70. The van der Waals surface area contributed by atoms with Crippen molar-refractivity contribution in [3.05, 3.63) is 83.4 Å². The van der Waals surface area contributed by atoms with Gasteiger partial charge in [-0.1, -0.05) is 12.1 Å². The molecule has 2 aromatic carbocycles. The second kappa shape index (κ2) is 7.49. The number of rotatable bonds is 4. The maximum Gasteiger partial charge on any atom is 0.266 e. The van der Waals surface area contributed by atoms with Gasteiger partial charge in [0.1, 0.15) is 29.0 Å². The van der Waals surface area contributed by atoms with E-state index in [1.54, 1.807) is 30.3 Å². The molecule has 0 bridgehead atoms. The molecule has 1 amide bonds. The summed E-state index contributed by atoms with van der Waals surface area (Å²) in [4.78, 5) is 12.3. The number of anilines is 1. The molecule has 0 radical (unpaired) electrons. The lowest BCUT2D eigenvalue weighted by Crippen LogP contribution is -2.13. The van der Waals surface area contributed by atoms with Gasteiger partial charge in [0.15, 0.2) is 0 Å². The summed E-state index contributed by atoms with van der Waals surface area (Å²) < 4.78 is 18.6. The van der Waals surface area contributed by atoms with Crippen LogP contribution in [0.5, 0.6) is 0 Å². The van der Waals surface area contributed by atoms with Crippen LogP contribution in [0.2, 0.25) is 0 Å². The molecule has 0 unspecified atom stereocenters. The predicted octanol–water partition coefficient (Wildman–Crippen LogP) is 4.94. The quantitative estimate of drug-likeness (QED) is 0.537. The van der Waals surface area contributed by atoms with E-state index in [9.17, 15) is 14.4 Å². The Bertz CT molecular complexity index is 1010. The third kappa shape index (κ3) is 4.05. The SMILES string of the molecule is Cc1cccc(NC(=O)/C(C#N)=C\c2ccc(-c3ccc(F)cc3)o2)c1. The maximum atomic E-state index is 13.0. The zero-order chi connectivity index (χ0) is 18.5. The molecule has 0 aliphatic heterocycles. The number of amides is 1. The maximum absolute atomic E-state index is 13.0. The summed E-state index contributed by atoms with van der Waals surface area (Å²) in [6.45, 7) is 1.91. The number of nitrogens with zero attached hydrogens (tertiary/aromatic N) is 1. The Morgan fingerprint density at radius 2 is 1.92 bits per heavy atom. The highest BCUT2D eigenvalue weighted by Gasteiger charge is 2.11. The highest BCUT2D eigenvalue weighted by atomic mass is 19.1. The van der Waals surface area contributed by atoms with Crippen molar-refractivity contribution >= 4 is 17.7 Å². The molecule has 26 heavy (non-hydrogen) atoms. The third-order valence-electron chi connectivity index (χ3n) is 3.68. The largest absolute Gasteiger partial charge is 0.457 e. The van der Waals surface area contributed by atoms with Crippen LogP contribution >= 0.6 is 0 Å². The van der Waals surface area contributed by atoms with E-state index in [1.165, 1.54) is 18.2 Å². The summed E-state index contributed by atoms with van der Waals surface area (Å²) in [5, 5.41) is 12.0. The fourth-order valence-electron chi connectivity index (χ4n) is 2.41. The van der Waals surface area contributed by atoms with Crippen LogP contribution in [-0.2, 0) is 4.79 Å². The number of halogens is 1. The van der Waals surface area contributed by atoms with Gasteiger partial charge in [-0.3, -0.25) is 4.79 Å². The van der Waals surface area contributed by atoms with E-state index in [0.29, 0.717) is 22.8 Å². The minimum absolute atomic E-state index is 0.0773. The Morgan fingerprint density at radius 3 is 2.62 bits per heavy atom. The first kappa shape index (κ1) is 17.2. The van der Waals surface area contributed by atoms with Crippen LogP contribution in [0.4, 0.5) is 10.1 Å². The Labute approximate surface area is 150 Å². The lowest BCUT2D eigenvalue weighted by molar-refractivity contribution is -0.112. The van der Waals surface area contributed by atoms with Crippen molar-refractivity contribution in [3.63, 3.8) is 0 Å². The lowest BCUT2D eigenvalue weighted by Gasteiger charge is -2.04. The monoisotopic (exact) mass is 346 g/mol. The normalized spacial score (nSPS) is 11.0. The van der Waals surface area contributed by atoms with Crippen molar-refractivity contribution in [2.24, 2.45) is 0 Å². The molecular weight excluding hydrogens is 331 g/mol. The van der Waals surface area contributed by atoms with Crippen LogP contribution < -0.4 is 5.32 Å². The highest BCUT2D eigenvalue weighted by Crippen LogP contribution is 2.24. The second-order valence-electron chi connectivity index (χ2n) is 5.70. The summed E-state index contributed by atoms with van der Waals surface area (Å²) in [5.74, 6) is 0.0331. The van der Waals surface area contributed by atoms with Gasteiger partial charge in [-0.05, 0) is 61.0 Å². The van der Waals surface area contributed by atoms with Crippen molar-refractivity contribution in [2.75, 3.05) is 5.32 Å². The first-order chi connectivity index (χ1) is 12.5. The average molecular weight is 346 g/mol. The van der Waals surface area contributed by atoms with Gasteiger partial charge in [-0.15, -0.1) is 0 Å². The number of nitriles is 1. The molecule has 0 aliphatic rings. The zero-order valence-electron chi connectivity index (χ0n) is 14.0. The van der Waals surface area contributed by atoms with Gasteiger partial charge in [-0.2, -0.15) is 5.26 Å². The Hall–Kier alpha value is -3.65. The molecule has 4 nitrogen and oxygen atoms in total. The van der Waals surface area contributed by atoms with E-state index in [0.717, 1.165) is 5.56 Å². The fourth-order valence-corrected chi connectivity index (χ4v) is 2.41. The molecule has 0 saturated heterocycles. The minimum Gasteiger partial charge on any atom is -0.457 e. The van der Waals surface area contributed by atoms with Crippen molar-refractivity contribution in [1.29, 1.82) is 5.26 Å². The van der Waals surface area contributed by atoms with E-state index < -0.39 is 5.91 Å². The number of carbonyl (C=O) groups is 1. The van der Waals surface area contributed by atoms with Crippen LogP contribution in [0.3, 0.4) is 0 Å². The summed E-state index contributed by atoms with van der Waals surface area (Å²) in [5.41, 5.74) is 2.24. The van der Waals surface area contributed by atoms with E-state index in [-0.39, 0.29) is 11.4 Å². The van der Waals surface area contributed by atoms with Crippen molar-refractivity contribution in [3.8, 4) is 17.4 Å². The van der Waals surface area contributed by atoms with E-state index in [2.05, 4.69) is 5.32 Å². The van der Waals surface area contributed by atoms with Gasteiger partial charge in [0.25, 0.3) is 5.91 Å². The number of hydrogen-bond donors (Lipinski definition) is 1. The smallest absolute Gasteiger partial charge is 0.266 e. The molecule has 5 heteroatoms. The van der Waals surface area contributed by atoms with Crippen LogP contribution in [0.25, 0.3) is 17.4 Å². The molecule has 128 valence electrons. The summed E-state index contributed by atoms with van der Waals surface area (Å²) in [7, 11) is 0. The summed E-state index contributed by atoms with van der Waals surface area (Å²) in [6, 6.07) is 18.4. The van der Waals surface area contributed by atoms with E-state index >= 15 is 0 Å². The van der Waals surface area contributed by atoms with E-state index in [1.807, 2.05) is 31.2 Å². The van der Waals surface area contributed by atoms with Gasteiger partial charge < -0.3 is 9.73 Å². The zero-order valence-corrected chi connectivity index (χ0v) is 14.0. The van der Waals surface area contributed by atoms with E-state index in [4.69, 9.17) is 4.42 Å². The Morgan fingerprint density at radius 1 is 1.15 bits per heavy atom. The molecule has 0 saturated carbocycles. The fraction of sp³-hybridized carbons (Fsp3) is 0.0476. The number of benzene rings is 2. The molecule has 0 fully saturated rings. The van der Waals surface area contributed by atoms with Crippen LogP contribution in [0.15, 0.2) is 70.7 Å². The average Bonchev–Trinajstić information content (AvgIpc) is 3.09. The van der Waals surface area contributed by atoms with Crippen LogP contribution in [0.1, 0.15) is 11.3 Å². The predicted molar refractivity (Wildman–Crippen MR) is 97.5 cm³/mol. The molecule has 0 aliphatic carbocycles. The van der Waals surface area contributed by atoms with Crippen LogP contribution in [0, 0.1) is 24.1 Å². The molecule has 1 aromatic heterocycles. The Kier molecular flexibility index (Phi) is 4.95. The van der Waals surface area contributed by atoms with Gasteiger partial charge in [0.2, 0.25) is 0 Å². The van der Waals surface area contributed by atoms with Crippen molar-refractivity contribution < 1.29 is 13.6 Å². The van der Waals surface area contributed by atoms with Gasteiger partial charge >= 0.3 is 0 Å². The summed E-state index contributed by atoms with van der Waals surface area (Å²) >= 11 is 0. The molecule has 0 atom stereocenters. The summed E-state index contributed by atoms with van der Waals surface area (Å²) in [6.07, 6.45) is 1.37. The minimum atomic E-state index is -0.516. The van der Waals surface area contributed by atoms with Gasteiger partial charge in [-0.25, -0.2) is 4.39 Å². The molecule has 0 spiro atoms. The molecule has 1 N–H and O–H groups in total. The van der Waals surface area contributed by atoms with Crippen molar-refractivity contribution in [1.82, 2.24) is 0 Å². The number of hydrogen-bond acceptors (Lipinski definition) is 3. The molecule has 3 rings (SSSR count). The van der Waals surface area contributed by atoms with Crippen LogP contribution in [-0.4, -0.2) is 5.91 Å². The van der Waals surface area contributed by atoms with Gasteiger partial charge in [0, 0.05) is 17.3 Å². The molecule has 1 heterocycles. The first-order valence-corrected chi connectivity index (χ1v) is 7.91. The van der Waals surface area contributed by atoms with Gasteiger partial charge in [0.05, 0.1) is 0 Å². The van der Waals surface area contributed by atoms with Crippen molar-refractivity contribution in [2.45, 2.75) is 6.92 Å². The number of furan rings is 1. The highest BCUT2D eigenvalue weighted by molar-refractivity contribution is 6.09. The standard InChI is InChI=1S/C21H15FN2O2/c1-14-3-2-4-18(11-14)24-21(25)16(13-23)12-19-9-10-20(26-19)15-5-7-17(22)8-6-15/h2-12H,1H3,(H,24,25)/b16-12-. The third-order valence-corrected chi connectivity index (χ3v) is 3.68. The number of carbonyl (C=O) groups excluding carboxylic acids is 1.